The maximum atomic E-state index is 9.05. The van der Waals surface area contributed by atoms with Crippen molar-refractivity contribution in [2.24, 2.45) is 0 Å². The zero-order valence-electron chi connectivity index (χ0n) is 6.21. The van der Waals surface area contributed by atoms with E-state index in [0.717, 1.165) is 10.0 Å². The van der Waals surface area contributed by atoms with E-state index in [0.29, 0.717) is 0 Å². The number of halogens is 1. The van der Waals surface area contributed by atoms with E-state index in [1.165, 1.54) is 0 Å². The Morgan fingerprint density at radius 2 is 2.18 bits per heavy atom. The Bertz CT molecular complexity index is 279. The van der Waals surface area contributed by atoms with Crippen molar-refractivity contribution >= 4 is 22.0 Å². The maximum Gasteiger partial charge on any atom is 0.116 e. The van der Waals surface area contributed by atoms with Crippen molar-refractivity contribution in [2.45, 2.75) is 6.92 Å². The van der Waals surface area contributed by atoms with E-state index in [2.05, 4.69) is 15.9 Å². The standard InChI is InChI=1S/C9H9BrO/c1-2-3-7-4-5-8(11)6-9(7)10/h2-6,11H,1H3/b3-2+. The molecule has 0 amide bonds. The lowest BCUT2D eigenvalue weighted by Gasteiger charge is -1.97. The van der Waals surface area contributed by atoms with Gasteiger partial charge in [-0.3, -0.25) is 0 Å². The Hall–Kier alpha value is -0.760. The van der Waals surface area contributed by atoms with Crippen LogP contribution in [0.4, 0.5) is 0 Å². The summed E-state index contributed by atoms with van der Waals surface area (Å²) < 4.78 is 0.913. The Labute approximate surface area is 74.5 Å². The van der Waals surface area contributed by atoms with Crippen LogP contribution in [0.5, 0.6) is 5.75 Å². The molecular formula is C9H9BrO. The number of hydrogen-bond acceptors (Lipinski definition) is 1. The number of phenolic OH excluding ortho intramolecular Hbond substituents is 1. The van der Waals surface area contributed by atoms with E-state index in [9.17, 15) is 0 Å². The summed E-state index contributed by atoms with van der Waals surface area (Å²) in [7, 11) is 0. The highest BCUT2D eigenvalue weighted by Gasteiger charge is 1.95. The molecule has 11 heavy (non-hydrogen) atoms. The van der Waals surface area contributed by atoms with E-state index in [4.69, 9.17) is 5.11 Å². The van der Waals surface area contributed by atoms with E-state index in [1.807, 2.05) is 25.1 Å². The third-order valence-electron chi connectivity index (χ3n) is 1.33. The lowest BCUT2D eigenvalue weighted by molar-refractivity contribution is 0.475. The fourth-order valence-electron chi connectivity index (χ4n) is 0.831. The molecule has 0 unspecified atom stereocenters. The van der Waals surface area contributed by atoms with Crippen molar-refractivity contribution in [1.82, 2.24) is 0 Å². The number of benzene rings is 1. The second kappa shape index (κ2) is 3.58. The zero-order chi connectivity index (χ0) is 8.27. The van der Waals surface area contributed by atoms with Crippen molar-refractivity contribution in [2.75, 3.05) is 0 Å². The van der Waals surface area contributed by atoms with Crippen LogP contribution in [-0.4, -0.2) is 5.11 Å². The van der Waals surface area contributed by atoms with Crippen LogP contribution in [0.2, 0.25) is 0 Å². The molecule has 2 heteroatoms. The molecule has 1 nitrogen and oxygen atoms in total. The second-order valence-corrected chi connectivity index (χ2v) is 3.06. The fraction of sp³-hybridized carbons (Fsp3) is 0.111. The number of phenols is 1. The Kier molecular flexibility index (Phi) is 2.71. The van der Waals surface area contributed by atoms with Gasteiger partial charge in [-0.15, -0.1) is 0 Å². The average Bonchev–Trinajstić information content (AvgIpc) is 1.95. The summed E-state index contributed by atoms with van der Waals surface area (Å²) in [4.78, 5) is 0. The molecule has 1 N–H and O–H groups in total. The summed E-state index contributed by atoms with van der Waals surface area (Å²) >= 11 is 3.34. The van der Waals surface area contributed by atoms with Gasteiger partial charge in [0.15, 0.2) is 0 Å². The molecule has 0 bridgehead atoms. The number of aromatic hydroxyl groups is 1. The summed E-state index contributed by atoms with van der Waals surface area (Å²) in [5.74, 6) is 0.283. The van der Waals surface area contributed by atoms with Gasteiger partial charge < -0.3 is 5.11 Å². The third-order valence-corrected chi connectivity index (χ3v) is 2.02. The normalized spacial score (nSPS) is 10.7. The quantitative estimate of drug-likeness (QED) is 0.759. The van der Waals surface area contributed by atoms with E-state index < -0.39 is 0 Å². The smallest absolute Gasteiger partial charge is 0.116 e. The monoisotopic (exact) mass is 212 g/mol. The minimum atomic E-state index is 0.283. The molecule has 0 spiro atoms. The van der Waals surface area contributed by atoms with E-state index in [-0.39, 0.29) is 5.75 Å². The van der Waals surface area contributed by atoms with Gasteiger partial charge in [-0.1, -0.05) is 34.1 Å². The first kappa shape index (κ1) is 8.34. The molecule has 0 atom stereocenters. The molecule has 1 rings (SSSR count). The largest absolute Gasteiger partial charge is 0.508 e. The van der Waals surface area contributed by atoms with Gasteiger partial charge in [0.2, 0.25) is 0 Å². The predicted octanol–water partition coefficient (Wildman–Crippen LogP) is 3.19. The first-order valence-electron chi connectivity index (χ1n) is 3.35. The zero-order valence-corrected chi connectivity index (χ0v) is 7.80. The number of rotatable bonds is 1. The summed E-state index contributed by atoms with van der Waals surface area (Å²) in [5.41, 5.74) is 1.07. The number of hydrogen-bond donors (Lipinski definition) is 1. The molecule has 58 valence electrons. The minimum absolute atomic E-state index is 0.283. The molecule has 0 aliphatic carbocycles. The van der Waals surface area contributed by atoms with Crippen LogP contribution in [0.15, 0.2) is 28.7 Å². The van der Waals surface area contributed by atoms with Crippen LogP contribution in [0.25, 0.3) is 6.08 Å². The molecule has 0 radical (unpaired) electrons. The number of allylic oxidation sites excluding steroid dienone is 1. The van der Waals surface area contributed by atoms with Crippen LogP contribution in [-0.2, 0) is 0 Å². The van der Waals surface area contributed by atoms with Gasteiger partial charge in [-0.2, -0.15) is 0 Å². The Morgan fingerprint density at radius 3 is 2.73 bits per heavy atom. The van der Waals surface area contributed by atoms with Crippen LogP contribution >= 0.6 is 15.9 Å². The minimum Gasteiger partial charge on any atom is -0.508 e. The predicted molar refractivity (Wildman–Crippen MR) is 50.5 cm³/mol. The van der Waals surface area contributed by atoms with Gasteiger partial charge in [0.25, 0.3) is 0 Å². The molecule has 0 aromatic heterocycles. The molecule has 0 aliphatic rings. The summed E-state index contributed by atoms with van der Waals surface area (Å²) in [6.07, 6.45) is 3.93. The van der Waals surface area contributed by atoms with Crippen LogP contribution in [0, 0.1) is 0 Å². The van der Waals surface area contributed by atoms with Gasteiger partial charge in [0.1, 0.15) is 5.75 Å². The van der Waals surface area contributed by atoms with Gasteiger partial charge in [-0.25, -0.2) is 0 Å². The molecule has 0 heterocycles. The van der Waals surface area contributed by atoms with Gasteiger partial charge in [-0.05, 0) is 24.6 Å². The average molecular weight is 213 g/mol. The van der Waals surface area contributed by atoms with Gasteiger partial charge >= 0.3 is 0 Å². The molecule has 1 aromatic carbocycles. The Balaban J connectivity index is 3.09. The highest BCUT2D eigenvalue weighted by atomic mass is 79.9. The highest BCUT2D eigenvalue weighted by molar-refractivity contribution is 9.10. The topological polar surface area (TPSA) is 20.2 Å². The van der Waals surface area contributed by atoms with Crippen molar-refractivity contribution < 1.29 is 5.11 Å². The second-order valence-electron chi connectivity index (χ2n) is 2.21. The van der Waals surface area contributed by atoms with Crippen LogP contribution < -0.4 is 0 Å². The lowest BCUT2D eigenvalue weighted by atomic mass is 10.2. The highest BCUT2D eigenvalue weighted by Crippen LogP contribution is 2.22. The molecule has 0 saturated heterocycles. The molecule has 1 aromatic rings. The van der Waals surface area contributed by atoms with Crippen molar-refractivity contribution in [3.05, 3.63) is 34.3 Å². The summed E-state index contributed by atoms with van der Waals surface area (Å²) in [6, 6.07) is 5.20. The molecule has 0 saturated carbocycles. The van der Waals surface area contributed by atoms with E-state index >= 15 is 0 Å². The molecule has 0 aliphatic heterocycles. The Morgan fingerprint density at radius 1 is 1.45 bits per heavy atom. The van der Waals surface area contributed by atoms with E-state index in [1.54, 1.807) is 12.1 Å². The van der Waals surface area contributed by atoms with Gasteiger partial charge in [0, 0.05) is 4.47 Å². The fourth-order valence-corrected chi connectivity index (χ4v) is 1.33. The molecule has 0 fully saturated rings. The van der Waals surface area contributed by atoms with Gasteiger partial charge in [0.05, 0.1) is 0 Å². The van der Waals surface area contributed by atoms with Crippen molar-refractivity contribution in [1.29, 1.82) is 0 Å². The van der Waals surface area contributed by atoms with Crippen molar-refractivity contribution in [3.8, 4) is 5.75 Å². The summed E-state index contributed by atoms with van der Waals surface area (Å²) in [6.45, 7) is 1.96. The van der Waals surface area contributed by atoms with Crippen LogP contribution in [0.3, 0.4) is 0 Å². The maximum absolute atomic E-state index is 9.05. The lowest BCUT2D eigenvalue weighted by Crippen LogP contribution is -1.73. The first-order valence-corrected chi connectivity index (χ1v) is 4.14. The van der Waals surface area contributed by atoms with Crippen molar-refractivity contribution in [3.63, 3.8) is 0 Å². The summed E-state index contributed by atoms with van der Waals surface area (Å²) in [5, 5.41) is 9.05. The third kappa shape index (κ3) is 2.09. The molecular weight excluding hydrogens is 204 g/mol. The van der Waals surface area contributed by atoms with Crippen LogP contribution in [0.1, 0.15) is 12.5 Å². The SMILES string of the molecule is C/C=C/c1ccc(O)cc1Br. The first-order chi connectivity index (χ1) is 5.24.